The van der Waals surface area contributed by atoms with Gasteiger partial charge in [0.05, 0.1) is 12.6 Å². The molecule has 5 nitrogen and oxygen atoms in total. The first-order valence-corrected chi connectivity index (χ1v) is 8.84. The molecular weight excluding hydrogens is 309 g/mol. The molecule has 2 saturated heterocycles. The molecule has 6 heteroatoms. The molecule has 24 heavy (non-hydrogen) atoms. The third-order valence-electron chi connectivity index (χ3n) is 5.61. The number of rotatable bonds is 1. The van der Waals surface area contributed by atoms with Crippen LogP contribution < -0.4 is 15.4 Å². The van der Waals surface area contributed by atoms with Crippen molar-refractivity contribution >= 4 is 6.03 Å². The van der Waals surface area contributed by atoms with Gasteiger partial charge in [-0.2, -0.15) is 0 Å². The second-order valence-corrected chi connectivity index (χ2v) is 7.25. The summed E-state index contributed by atoms with van der Waals surface area (Å²) in [6.07, 6.45) is 3.77. The van der Waals surface area contributed by atoms with Gasteiger partial charge in [0.2, 0.25) is 0 Å². The van der Waals surface area contributed by atoms with Crippen molar-refractivity contribution in [3.63, 3.8) is 0 Å². The van der Waals surface area contributed by atoms with Crippen molar-refractivity contribution in [1.29, 1.82) is 0 Å². The van der Waals surface area contributed by atoms with Crippen molar-refractivity contribution < 1.29 is 13.9 Å². The van der Waals surface area contributed by atoms with Gasteiger partial charge in [-0.15, -0.1) is 0 Å². The number of amides is 2. The normalized spacial score (nSPS) is 29.2. The number of para-hydroxylation sites is 1. The van der Waals surface area contributed by atoms with E-state index < -0.39 is 0 Å². The van der Waals surface area contributed by atoms with Crippen molar-refractivity contribution in [2.75, 3.05) is 32.8 Å². The van der Waals surface area contributed by atoms with Gasteiger partial charge in [0, 0.05) is 30.6 Å². The van der Waals surface area contributed by atoms with Gasteiger partial charge < -0.3 is 20.3 Å². The lowest BCUT2D eigenvalue weighted by atomic mass is 9.87. The summed E-state index contributed by atoms with van der Waals surface area (Å²) >= 11 is 0. The van der Waals surface area contributed by atoms with Crippen LogP contribution in [0.3, 0.4) is 0 Å². The van der Waals surface area contributed by atoms with Crippen LogP contribution in [-0.2, 0) is 0 Å². The Bertz CT molecular complexity index is 631. The molecule has 3 aliphatic heterocycles. The topological polar surface area (TPSA) is 53.6 Å². The average Bonchev–Trinajstić information content (AvgIpc) is 3.16. The Labute approximate surface area is 141 Å². The zero-order valence-corrected chi connectivity index (χ0v) is 13.8. The first kappa shape index (κ1) is 15.7. The first-order chi connectivity index (χ1) is 11.7. The summed E-state index contributed by atoms with van der Waals surface area (Å²) in [6, 6.07) is 4.70. The Morgan fingerprint density at radius 2 is 2.33 bits per heavy atom. The number of benzene rings is 1. The summed E-state index contributed by atoms with van der Waals surface area (Å²) in [5.74, 6) is -0.0658. The Morgan fingerprint density at radius 3 is 3.17 bits per heavy atom. The molecule has 4 rings (SSSR count). The Kier molecular flexibility index (Phi) is 4.08. The van der Waals surface area contributed by atoms with E-state index in [9.17, 15) is 9.18 Å². The summed E-state index contributed by atoms with van der Waals surface area (Å²) < 4.78 is 19.6. The third kappa shape index (κ3) is 2.83. The van der Waals surface area contributed by atoms with Crippen molar-refractivity contribution in [3.8, 4) is 5.75 Å². The number of hydrogen-bond donors (Lipinski definition) is 2. The van der Waals surface area contributed by atoms with E-state index in [1.54, 1.807) is 6.07 Å². The van der Waals surface area contributed by atoms with Gasteiger partial charge in [-0.3, -0.25) is 0 Å². The summed E-state index contributed by atoms with van der Waals surface area (Å²) in [5, 5.41) is 6.52. The number of halogens is 1. The molecule has 0 aliphatic carbocycles. The van der Waals surface area contributed by atoms with Gasteiger partial charge in [0.1, 0.15) is 0 Å². The van der Waals surface area contributed by atoms with E-state index >= 15 is 0 Å². The number of nitrogens with one attached hydrogen (secondary N) is 2. The lowest BCUT2D eigenvalue weighted by Crippen LogP contribution is -2.41. The molecule has 0 radical (unpaired) electrons. The number of carbonyl (C=O) groups excluding carboxylic acids is 1. The Hall–Kier alpha value is -1.82. The van der Waals surface area contributed by atoms with Gasteiger partial charge in [0.25, 0.3) is 0 Å². The molecule has 2 unspecified atom stereocenters. The molecular formula is C18H24FN3O2. The van der Waals surface area contributed by atoms with Gasteiger partial charge in [-0.05, 0) is 38.3 Å². The molecule has 1 aromatic rings. The summed E-state index contributed by atoms with van der Waals surface area (Å²) in [5.41, 5.74) is 1.01. The zero-order chi connectivity index (χ0) is 16.6. The zero-order valence-electron chi connectivity index (χ0n) is 13.8. The van der Waals surface area contributed by atoms with E-state index in [0.717, 1.165) is 57.4 Å². The van der Waals surface area contributed by atoms with Crippen LogP contribution in [0.2, 0.25) is 0 Å². The number of urea groups is 1. The summed E-state index contributed by atoms with van der Waals surface area (Å²) in [4.78, 5) is 14.6. The largest absolute Gasteiger partial charge is 0.490 e. The van der Waals surface area contributed by atoms with Crippen LogP contribution >= 0.6 is 0 Å². The summed E-state index contributed by atoms with van der Waals surface area (Å²) in [6.45, 7) is 4.14. The second kappa shape index (κ2) is 6.24. The lowest BCUT2D eigenvalue weighted by molar-refractivity contribution is 0.197. The molecule has 0 aromatic heterocycles. The van der Waals surface area contributed by atoms with Crippen molar-refractivity contribution in [3.05, 3.63) is 29.6 Å². The number of hydrogen-bond acceptors (Lipinski definition) is 3. The van der Waals surface area contributed by atoms with Crippen LogP contribution in [0.5, 0.6) is 5.75 Å². The summed E-state index contributed by atoms with van der Waals surface area (Å²) in [7, 11) is 0. The molecule has 130 valence electrons. The van der Waals surface area contributed by atoms with E-state index in [2.05, 4.69) is 10.6 Å². The van der Waals surface area contributed by atoms with Crippen LogP contribution in [0.4, 0.5) is 9.18 Å². The molecule has 3 aliphatic rings. The van der Waals surface area contributed by atoms with Gasteiger partial charge >= 0.3 is 6.03 Å². The fraction of sp³-hybridized carbons (Fsp3) is 0.611. The van der Waals surface area contributed by atoms with E-state index in [4.69, 9.17) is 4.74 Å². The second-order valence-electron chi connectivity index (χ2n) is 7.25. The molecule has 0 saturated carbocycles. The van der Waals surface area contributed by atoms with Gasteiger partial charge in [0.15, 0.2) is 11.6 Å². The number of fused-ring (bicyclic) bond motifs is 1. The molecule has 2 atom stereocenters. The highest BCUT2D eigenvalue weighted by Gasteiger charge is 2.42. The average molecular weight is 333 g/mol. The van der Waals surface area contributed by atoms with E-state index in [1.807, 2.05) is 11.0 Å². The lowest BCUT2D eigenvalue weighted by Gasteiger charge is -2.25. The minimum absolute atomic E-state index is 0.0408. The van der Waals surface area contributed by atoms with Crippen molar-refractivity contribution in [2.45, 2.75) is 31.7 Å². The van der Waals surface area contributed by atoms with Gasteiger partial charge in [-0.1, -0.05) is 12.1 Å². The fourth-order valence-corrected chi connectivity index (χ4v) is 4.21. The fourth-order valence-electron chi connectivity index (χ4n) is 4.21. The maximum Gasteiger partial charge on any atom is 0.317 e. The molecule has 1 spiro atoms. The maximum absolute atomic E-state index is 14.0. The highest BCUT2D eigenvalue weighted by molar-refractivity contribution is 5.75. The minimum atomic E-state index is -0.356. The highest BCUT2D eigenvalue weighted by Crippen LogP contribution is 2.37. The number of ether oxygens (including phenoxy) is 1. The Balaban J connectivity index is 1.47. The van der Waals surface area contributed by atoms with Crippen molar-refractivity contribution in [1.82, 2.24) is 15.5 Å². The third-order valence-corrected chi connectivity index (χ3v) is 5.61. The van der Waals surface area contributed by atoms with Crippen LogP contribution in [-0.4, -0.2) is 43.7 Å². The number of nitrogens with zero attached hydrogens (tertiary/aromatic N) is 1. The monoisotopic (exact) mass is 333 g/mol. The van der Waals surface area contributed by atoms with E-state index in [1.165, 1.54) is 6.07 Å². The number of carbonyl (C=O) groups is 1. The van der Waals surface area contributed by atoms with Crippen LogP contribution in [0.15, 0.2) is 18.2 Å². The van der Waals surface area contributed by atoms with Crippen LogP contribution in [0.25, 0.3) is 0 Å². The highest BCUT2D eigenvalue weighted by atomic mass is 19.1. The van der Waals surface area contributed by atoms with Crippen LogP contribution in [0, 0.1) is 11.2 Å². The van der Waals surface area contributed by atoms with Crippen molar-refractivity contribution in [2.24, 2.45) is 5.41 Å². The van der Waals surface area contributed by atoms with E-state index in [-0.39, 0.29) is 29.1 Å². The molecule has 2 fully saturated rings. The number of likely N-dealkylation sites (tertiary alicyclic amines) is 1. The molecule has 3 heterocycles. The molecule has 2 amide bonds. The predicted octanol–water partition coefficient (Wildman–Crippen LogP) is 2.43. The van der Waals surface area contributed by atoms with Gasteiger partial charge in [-0.25, -0.2) is 9.18 Å². The minimum Gasteiger partial charge on any atom is -0.490 e. The molecule has 1 aromatic carbocycles. The molecule has 2 N–H and O–H groups in total. The maximum atomic E-state index is 14.0. The quantitative estimate of drug-likeness (QED) is 0.830. The Morgan fingerprint density at radius 1 is 1.42 bits per heavy atom. The standard InChI is InChI=1S/C18H24FN3O2/c19-14-4-1-3-13-15(5-2-10-24-16(13)14)21-17(23)22-9-7-18(12-22)6-8-20-11-18/h1,3-4,15,20H,2,5-12H2,(H,21,23). The molecule has 0 bridgehead atoms. The predicted molar refractivity (Wildman–Crippen MR) is 88.5 cm³/mol. The smallest absolute Gasteiger partial charge is 0.317 e. The first-order valence-electron chi connectivity index (χ1n) is 8.84. The van der Waals surface area contributed by atoms with Crippen LogP contribution in [0.1, 0.15) is 37.3 Å². The SMILES string of the molecule is O=C(NC1CCCOc2c(F)cccc21)N1CCC2(CCNC2)C1. The van der Waals surface area contributed by atoms with E-state index in [0.29, 0.717) is 6.61 Å².